The summed E-state index contributed by atoms with van der Waals surface area (Å²) in [7, 11) is 0. The Morgan fingerprint density at radius 1 is 1.08 bits per heavy atom. The van der Waals surface area contributed by atoms with Crippen LogP contribution in [0.1, 0.15) is 40.0 Å². The van der Waals surface area contributed by atoms with Gasteiger partial charge in [0.15, 0.2) is 0 Å². The minimum atomic E-state index is -0.451. The molecule has 0 rings (SSSR count). The lowest BCUT2D eigenvalue weighted by Crippen LogP contribution is -2.49. The molecule has 0 aliphatic carbocycles. The molecule has 0 saturated heterocycles. The van der Waals surface area contributed by atoms with E-state index >= 15 is 0 Å². The van der Waals surface area contributed by atoms with Crippen molar-refractivity contribution in [1.82, 2.24) is 4.90 Å². The van der Waals surface area contributed by atoms with E-state index in [4.69, 9.17) is 11.5 Å². The van der Waals surface area contributed by atoms with Crippen LogP contribution in [0.4, 0.5) is 0 Å². The van der Waals surface area contributed by atoms with Gasteiger partial charge in [-0.25, -0.2) is 0 Å². The maximum Gasteiger partial charge on any atom is 0.0634 e. The van der Waals surface area contributed by atoms with Crippen LogP contribution in [0, 0.1) is 0 Å². The van der Waals surface area contributed by atoms with Crippen molar-refractivity contribution >= 4 is 0 Å². The Balaban J connectivity index is 3.54. The molecule has 0 radical (unpaired) electrons. The zero-order valence-corrected chi connectivity index (χ0v) is 9.34. The zero-order valence-electron chi connectivity index (χ0n) is 9.34. The Morgan fingerprint density at radius 2 is 1.62 bits per heavy atom. The van der Waals surface area contributed by atoms with E-state index in [-0.39, 0.29) is 0 Å². The van der Waals surface area contributed by atoms with Crippen molar-refractivity contribution in [2.75, 3.05) is 19.6 Å². The third-order valence-corrected chi connectivity index (χ3v) is 2.67. The lowest BCUT2D eigenvalue weighted by atomic mass is 10.0. The molecule has 0 spiro atoms. The summed E-state index contributed by atoms with van der Waals surface area (Å²) in [4.78, 5) is 2.39. The second kappa shape index (κ2) is 6.35. The smallest absolute Gasteiger partial charge is 0.0634 e. The first-order valence-corrected chi connectivity index (χ1v) is 5.35. The van der Waals surface area contributed by atoms with Gasteiger partial charge in [0.1, 0.15) is 0 Å². The summed E-state index contributed by atoms with van der Waals surface area (Å²) in [5.41, 5.74) is 11.2. The van der Waals surface area contributed by atoms with E-state index in [0.717, 1.165) is 38.9 Å². The van der Waals surface area contributed by atoms with Crippen LogP contribution in [0.15, 0.2) is 0 Å². The number of nitrogens with two attached hydrogens (primary N) is 2. The fourth-order valence-electron chi connectivity index (χ4n) is 1.35. The summed E-state index contributed by atoms with van der Waals surface area (Å²) in [5, 5.41) is 0. The number of hydrogen-bond acceptors (Lipinski definition) is 3. The average Bonchev–Trinajstić information content (AvgIpc) is 2.12. The predicted molar refractivity (Wildman–Crippen MR) is 58.4 cm³/mol. The average molecular weight is 187 g/mol. The summed E-state index contributed by atoms with van der Waals surface area (Å²) in [6.07, 6.45) is 2.87. The molecule has 4 N–H and O–H groups in total. The molecule has 0 heterocycles. The van der Waals surface area contributed by atoms with Gasteiger partial charge in [-0.1, -0.05) is 20.8 Å². The first-order chi connectivity index (χ1) is 6.05. The molecule has 0 fully saturated rings. The highest BCUT2D eigenvalue weighted by atomic mass is 15.1. The standard InChI is InChI=1S/C10H25N3/c1-4-10(11,12)8-7-9-13(5-2)6-3/h4-9,11-12H2,1-3H3. The van der Waals surface area contributed by atoms with Crippen LogP contribution in [-0.4, -0.2) is 30.2 Å². The third kappa shape index (κ3) is 6.02. The Morgan fingerprint density at radius 3 is 2.00 bits per heavy atom. The molecule has 3 nitrogen and oxygen atoms in total. The Hall–Kier alpha value is -0.120. The van der Waals surface area contributed by atoms with Crippen LogP contribution >= 0.6 is 0 Å². The molecule has 0 amide bonds. The largest absolute Gasteiger partial charge is 0.314 e. The van der Waals surface area contributed by atoms with Crippen LogP contribution in [0.25, 0.3) is 0 Å². The van der Waals surface area contributed by atoms with Gasteiger partial charge in [-0.15, -0.1) is 0 Å². The maximum atomic E-state index is 5.84. The Kier molecular flexibility index (Phi) is 6.29. The topological polar surface area (TPSA) is 55.3 Å². The first kappa shape index (κ1) is 12.9. The second-order valence-corrected chi connectivity index (χ2v) is 3.72. The Bertz CT molecular complexity index is 119. The normalized spacial score (nSPS) is 12.5. The minimum absolute atomic E-state index is 0.451. The van der Waals surface area contributed by atoms with Crippen molar-refractivity contribution in [3.8, 4) is 0 Å². The van der Waals surface area contributed by atoms with E-state index in [0.29, 0.717) is 0 Å². The summed E-state index contributed by atoms with van der Waals surface area (Å²) >= 11 is 0. The molecule has 0 aromatic heterocycles. The molecule has 0 bridgehead atoms. The molecule has 0 aliphatic heterocycles. The Labute approximate surface area is 82.5 Å². The molecule has 3 heteroatoms. The minimum Gasteiger partial charge on any atom is -0.314 e. The highest BCUT2D eigenvalue weighted by Crippen LogP contribution is 2.07. The van der Waals surface area contributed by atoms with Gasteiger partial charge in [0.05, 0.1) is 5.66 Å². The maximum absolute atomic E-state index is 5.84. The van der Waals surface area contributed by atoms with Crippen molar-refractivity contribution in [2.45, 2.75) is 45.7 Å². The van der Waals surface area contributed by atoms with E-state index in [1.165, 1.54) is 0 Å². The zero-order chi connectivity index (χ0) is 10.3. The van der Waals surface area contributed by atoms with Gasteiger partial charge < -0.3 is 16.4 Å². The first-order valence-electron chi connectivity index (χ1n) is 5.35. The molecular formula is C10H25N3. The van der Waals surface area contributed by atoms with E-state index in [1.54, 1.807) is 0 Å². The quantitative estimate of drug-likeness (QED) is 0.587. The number of nitrogens with zero attached hydrogens (tertiary/aromatic N) is 1. The van der Waals surface area contributed by atoms with Gasteiger partial charge in [-0.2, -0.15) is 0 Å². The van der Waals surface area contributed by atoms with Gasteiger partial charge in [-0.3, -0.25) is 0 Å². The van der Waals surface area contributed by atoms with Gasteiger partial charge in [0.25, 0.3) is 0 Å². The molecule has 0 unspecified atom stereocenters. The van der Waals surface area contributed by atoms with Gasteiger partial charge in [0.2, 0.25) is 0 Å². The molecule has 80 valence electrons. The van der Waals surface area contributed by atoms with Gasteiger partial charge in [0, 0.05) is 0 Å². The number of hydrogen-bond donors (Lipinski definition) is 2. The van der Waals surface area contributed by atoms with Crippen molar-refractivity contribution < 1.29 is 0 Å². The van der Waals surface area contributed by atoms with Crippen molar-refractivity contribution in [1.29, 1.82) is 0 Å². The van der Waals surface area contributed by atoms with Crippen molar-refractivity contribution in [3.05, 3.63) is 0 Å². The third-order valence-electron chi connectivity index (χ3n) is 2.67. The van der Waals surface area contributed by atoms with E-state index in [1.807, 2.05) is 6.92 Å². The molecule has 0 saturated carbocycles. The summed E-state index contributed by atoms with van der Waals surface area (Å²) in [5.74, 6) is 0. The van der Waals surface area contributed by atoms with Crippen molar-refractivity contribution in [2.24, 2.45) is 11.5 Å². The second-order valence-electron chi connectivity index (χ2n) is 3.72. The van der Waals surface area contributed by atoms with Crippen LogP contribution in [0.3, 0.4) is 0 Å². The van der Waals surface area contributed by atoms with E-state index in [9.17, 15) is 0 Å². The van der Waals surface area contributed by atoms with Crippen LogP contribution < -0.4 is 11.5 Å². The molecule has 0 aliphatic rings. The number of rotatable bonds is 7. The lowest BCUT2D eigenvalue weighted by Gasteiger charge is -2.24. The lowest BCUT2D eigenvalue weighted by molar-refractivity contribution is 0.275. The predicted octanol–water partition coefficient (Wildman–Crippen LogP) is 1.13. The van der Waals surface area contributed by atoms with Crippen LogP contribution in [-0.2, 0) is 0 Å². The van der Waals surface area contributed by atoms with E-state index in [2.05, 4.69) is 18.7 Å². The molecular weight excluding hydrogens is 162 g/mol. The fourth-order valence-corrected chi connectivity index (χ4v) is 1.35. The highest BCUT2D eigenvalue weighted by Gasteiger charge is 2.15. The van der Waals surface area contributed by atoms with Crippen molar-refractivity contribution in [3.63, 3.8) is 0 Å². The van der Waals surface area contributed by atoms with Gasteiger partial charge >= 0.3 is 0 Å². The summed E-state index contributed by atoms with van der Waals surface area (Å²) in [6.45, 7) is 9.75. The summed E-state index contributed by atoms with van der Waals surface area (Å²) < 4.78 is 0. The monoisotopic (exact) mass is 187 g/mol. The SMILES string of the molecule is CCN(CC)CCCC(N)(N)CC. The van der Waals surface area contributed by atoms with E-state index < -0.39 is 5.66 Å². The van der Waals surface area contributed by atoms with Gasteiger partial charge in [-0.05, 0) is 38.9 Å². The summed E-state index contributed by atoms with van der Waals surface area (Å²) in [6, 6.07) is 0. The molecule has 13 heavy (non-hydrogen) atoms. The molecule has 0 aromatic rings. The molecule has 0 aromatic carbocycles. The highest BCUT2D eigenvalue weighted by molar-refractivity contribution is 4.74. The fraction of sp³-hybridized carbons (Fsp3) is 1.00. The van der Waals surface area contributed by atoms with Crippen LogP contribution in [0.5, 0.6) is 0 Å². The van der Waals surface area contributed by atoms with Crippen LogP contribution in [0.2, 0.25) is 0 Å². The molecule has 0 atom stereocenters.